The fourth-order valence-corrected chi connectivity index (χ4v) is 3.29. The topological polar surface area (TPSA) is 29.1 Å². The van der Waals surface area contributed by atoms with Gasteiger partial charge in [-0.05, 0) is 61.1 Å². The Hall–Kier alpha value is -2.09. The maximum absolute atomic E-state index is 12.4. The predicted molar refractivity (Wildman–Crippen MR) is 117 cm³/mol. The Bertz CT molecular complexity index is 658. The van der Waals surface area contributed by atoms with Crippen LogP contribution in [-0.4, -0.2) is 5.91 Å². The summed E-state index contributed by atoms with van der Waals surface area (Å²) >= 11 is 0. The molecule has 0 atom stereocenters. The maximum Gasteiger partial charge on any atom is 0.255 e. The number of amides is 1. The second-order valence-electron chi connectivity index (χ2n) is 7.47. The lowest BCUT2D eigenvalue weighted by molar-refractivity contribution is 0.102. The Morgan fingerprint density at radius 1 is 0.667 bits per heavy atom. The minimum Gasteiger partial charge on any atom is -0.322 e. The lowest BCUT2D eigenvalue weighted by atomic mass is 10.0. The number of unbranched alkanes of at least 4 members (excludes halogenated alkanes) is 6. The van der Waals surface area contributed by atoms with Crippen LogP contribution in [-0.2, 0) is 12.8 Å². The highest BCUT2D eigenvalue weighted by molar-refractivity contribution is 6.04. The van der Waals surface area contributed by atoms with Crippen LogP contribution in [0.2, 0.25) is 0 Å². The van der Waals surface area contributed by atoms with Gasteiger partial charge in [-0.25, -0.2) is 0 Å². The monoisotopic (exact) mass is 365 g/mol. The second-order valence-corrected chi connectivity index (χ2v) is 7.47. The zero-order valence-corrected chi connectivity index (χ0v) is 17.1. The van der Waals surface area contributed by atoms with Gasteiger partial charge in [0.2, 0.25) is 0 Å². The van der Waals surface area contributed by atoms with Crippen LogP contribution in [0.15, 0.2) is 48.5 Å². The van der Waals surface area contributed by atoms with E-state index in [2.05, 4.69) is 43.4 Å². The van der Waals surface area contributed by atoms with Crippen LogP contribution in [0.3, 0.4) is 0 Å². The third-order valence-corrected chi connectivity index (χ3v) is 5.07. The van der Waals surface area contributed by atoms with Crippen molar-refractivity contribution in [1.82, 2.24) is 0 Å². The van der Waals surface area contributed by atoms with E-state index in [0.717, 1.165) is 24.1 Å². The highest BCUT2D eigenvalue weighted by atomic mass is 16.1. The fourth-order valence-electron chi connectivity index (χ4n) is 3.29. The zero-order chi connectivity index (χ0) is 19.3. The van der Waals surface area contributed by atoms with Gasteiger partial charge in [-0.2, -0.15) is 0 Å². The SMILES string of the molecule is CCCCCCc1ccc(NC(=O)c2ccc(CCCCCC)cc2)cc1. The summed E-state index contributed by atoms with van der Waals surface area (Å²) in [5.41, 5.74) is 4.24. The van der Waals surface area contributed by atoms with Crippen molar-refractivity contribution in [2.45, 2.75) is 78.1 Å². The van der Waals surface area contributed by atoms with Crippen molar-refractivity contribution in [2.24, 2.45) is 0 Å². The average molecular weight is 366 g/mol. The molecule has 2 aromatic carbocycles. The van der Waals surface area contributed by atoms with E-state index < -0.39 is 0 Å². The third-order valence-electron chi connectivity index (χ3n) is 5.07. The van der Waals surface area contributed by atoms with Gasteiger partial charge in [0, 0.05) is 11.3 Å². The summed E-state index contributed by atoms with van der Waals surface area (Å²) < 4.78 is 0. The largest absolute Gasteiger partial charge is 0.322 e. The number of carbonyl (C=O) groups excluding carboxylic acids is 1. The average Bonchev–Trinajstić information content (AvgIpc) is 2.70. The third kappa shape index (κ3) is 7.99. The molecule has 1 amide bonds. The number of nitrogens with one attached hydrogen (secondary N) is 1. The second kappa shape index (κ2) is 12.3. The molecule has 2 nitrogen and oxygen atoms in total. The fraction of sp³-hybridized carbons (Fsp3) is 0.480. The summed E-state index contributed by atoms with van der Waals surface area (Å²) in [6.07, 6.45) is 12.4. The van der Waals surface area contributed by atoms with E-state index in [9.17, 15) is 4.79 Å². The molecule has 27 heavy (non-hydrogen) atoms. The van der Waals surface area contributed by atoms with Crippen molar-refractivity contribution < 1.29 is 4.79 Å². The van der Waals surface area contributed by atoms with Gasteiger partial charge in [-0.15, -0.1) is 0 Å². The smallest absolute Gasteiger partial charge is 0.255 e. The van der Waals surface area contributed by atoms with Crippen molar-refractivity contribution in [2.75, 3.05) is 5.32 Å². The van der Waals surface area contributed by atoms with Gasteiger partial charge in [0.15, 0.2) is 0 Å². The van der Waals surface area contributed by atoms with Gasteiger partial charge < -0.3 is 5.32 Å². The highest BCUT2D eigenvalue weighted by Crippen LogP contribution is 2.15. The van der Waals surface area contributed by atoms with Crippen molar-refractivity contribution in [3.05, 3.63) is 65.2 Å². The van der Waals surface area contributed by atoms with E-state index >= 15 is 0 Å². The number of aryl methyl sites for hydroxylation is 2. The van der Waals surface area contributed by atoms with E-state index in [1.54, 1.807) is 0 Å². The molecule has 0 spiro atoms. The minimum absolute atomic E-state index is 0.0387. The molecule has 2 rings (SSSR count). The zero-order valence-electron chi connectivity index (χ0n) is 17.1. The van der Waals surface area contributed by atoms with Gasteiger partial charge in [-0.1, -0.05) is 76.6 Å². The van der Waals surface area contributed by atoms with Crippen LogP contribution in [0.1, 0.15) is 86.7 Å². The van der Waals surface area contributed by atoms with Crippen molar-refractivity contribution >= 4 is 11.6 Å². The first-order chi connectivity index (χ1) is 13.2. The van der Waals surface area contributed by atoms with Crippen molar-refractivity contribution in [3.63, 3.8) is 0 Å². The molecule has 0 radical (unpaired) electrons. The number of anilines is 1. The van der Waals surface area contributed by atoms with Gasteiger partial charge in [0.1, 0.15) is 0 Å². The Balaban J connectivity index is 1.80. The molecule has 0 saturated carbocycles. The van der Waals surface area contributed by atoms with Crippen LogP contribution in [0, 0.1) is 0 Å². The molecule has 2 aromatic rings. The summed E-state index contributed by atoms with van der Waals surface area (Å²) in [4.78, 5) is 12.4. The van der Waals surface area contributed by atoms with Gasteiger partial charge in [-0.3, -0.25) is 4.79 Å². The first kappa shape index (κ1) is 21.2. The number of hydrogen-bond donors (Lipinski definition) is 1. The Morgan fingerprint density at radius 2 is 1.15 bits per heavy atom. The normalized spacial score (nSPS) is 10.7. The molecule has 0 saturated heterocycles. The van der Waals surface area contributed by atoms with Gasteiger partial charge >= 0.3 is 0 Å². The molecule has 0 aromatic heterocycles. The Morgan fingerprint density at radius 3 is 1.63 bits per heavy atom. The number of rotatable bonds is 12. The molecule has 2 heteroatoms. The summed E-state index contributed by atoms with van der Waals surface area (Å²) in [5.74, 6) is -0.0387. The summed E-state index contributed by atoms with van der Waals surface area (Å²) in [6, 6.07) is 16.3. The summed E-state index contributed by atoms with van der Waals surface area (Å²) in [7, 11) is 0. The number of hydrogen-bond acceptors (Lipinski definition) is 1. The Kier molecular flexibility index (Phi) is 9.68. The minimum atomic E-state index is -0.0387. The van der Waals surface area contributed by atoms with E-state index in [1.807, 2.05) is 24.3 Å². The van der Waals surface area contributed by atoms with E-state index in [-0.39, 0.29) is 5.91 Å². The molecular weight excluding hydrogens is 330 g/mol. The number of carbonyl (C=O) groups is 1. The summed E-state index contributed by atoms with van der Waals surface area (Å²) in [6.45, 7) is 4.47. The molecule has 0 unspecified atom stereocenters. The molecular formula is C25H35NO. The van der Waals surface area contributed by atoms with Crippen LogP contribution < -0.4 is 5.32 Å². The highest BCUT2D eigenvalue weighted by Gasteiger charge is 2.06. The van der Waals surface area contributed by atoms with Crippen LogP contribution in [0.5, 0.6) is 0 Å². The molecule has 146 valence electrons. The van der Waals surface area contributed by atoms with E-state index in [1.165, 1.54) is 62.5 Å². The van der Waals surface area contributed by atoms with Crippen LogP contribution >= 0.6 is 0 Å². The van der Waals surface area contributed by atoms with E-state index in [4.69, 9.17) is 0 Å². The molecule has 1 N–H and O–H groups in total. The standard InChI is InChI=1S/C25H35NO/c1-3-5-7-9-11-21-13-17-23(18-14-21)25(27)26-24-19-15-22(16-20-24)12-10-8-6-4-2/h13-20H,3-12H2,1-2H3,(H,26,27). The lowest BCUT2D eigenvalue weighted by Crippen LogP contribution is -2.11. The van der Waals surface area contributed by atoms with Crippen molar-refractivity contribution in [1.29, 1.82) is 0 Å². The number of benzene rings is 2. The van der Waals surface area contributed by atoms with Crippen LogP contribution in [0.4, 0.5) is 5.69 Å². The molecule has 0 heterocycles. The quantitative estimate of drug-likeness (QED) is 0.396. The first-order valence-corrected chi connectivity index (χ1v) is 10.7. The Labute approximate surface area is 165 Å². The van der Waals surface area contributed by atoms with Gasteiger partial charge in [0.05, 0.1) is 0 Å². The maximum atomic E-state index is 12.4. The molecule has 0 fully saturated rings. The molecule has 0 aliphatic carbocycles. The van der Waals surface area contributed by atoms with Gasteiger partial charge in [0.25, 0.3) is 5.91 Å². The molecule has 0 bridgehead atoms. The molecule has 0 aliphatic rings. The van der Waals surface area contributed by atoms with Crippen molar-refractivity contribution in [3.8, 4) is 0 Å². The van der Waals surface area contributed by atoms with Crippen LogP contribution in [0.25, 0.3) is 0 Å². The molecule has 0 aliphatic heterocycles. The lowest BCUT2D eigenvalue weighted by Gasteiger charge is -2.08. The predicted octanol–water partition coefficient (Wildman–Crippen LogP) is 7.18. The summed E-state index contributed by atoms with van der Waals surface area (Å²) in [5, 5.41) is 3.00. The first-order valence-electron chi connectivity index (χ1n) is 10.7. The van der Waals surface area contributed by atoms with E-state index in [0.29, 0.717) is 0 Å².